The molecule has 9 heteroatoms. The summed E-state index contributed by atoms with van der Waals surface area (Å²) in [5, 5.41) is 4.58. The van der Waals surface area contributed by atoms with Gasteiger partial charge in [0.2, 0.25) is 11.9 Å². The number of hydrogen-bond acceptors (Lipinski definition) is 7. The molecule has 0 atom stereocenters. The topological polar surface area (TPSA) is 83.8 Å². The average molecular weight is 453 g/mol. The first-order valence-corrected chi connectivity index (χ1v) is 10.1. The third-order valence-electron chi connectivity index (χ3n) is 5.43. The Bertz CT molecular complexity index is 1370. The Kier molecular flexibility index (Phi) is 5.95. The summed E-state index contributed by atoms with van der Waals surface area (Å²) in [6, 6.07) is 9.54. The van der Waals surface area contributed by atoms with Crippen LogP contribution in [0, 0.1) is 5.82 Å². The summed E-state index contributed by atoms with van der Waals surface area (Å²) in [5.74, 6) is 1.95. The Balaban J connectivity index is 1.85. The number of methoxy groups -OCH3 is 4. The van der Waals surface area contributed by atoms with Gasteiger partial charge < -0.3 is 24.3 Å². The highest BCUT2D eigenvalue weighted by atomic mass is 19.1. The molecule has 3 aromatic carbocycles. The van der Waals surface area contributed by atoms with E-state index < -0.39 is 5.82 Å². The number of ether oxygens (including phenoxy) is 4. The first-order valence-electron chi connectivity index (χ1n) is 10.1. The number of carbonyl (C=O) groups excluding carboxylic acids is 1. The molecule has 0 saturated carbocycles. The highest BCUT2D eigenvalue weighted by Crippen LogP contribution is 2.46. The number of nitrogens with zero attached hydrogens (tertiary/aromatic N) is 2. The van der Waals surface area contributed by atoms with Crippen molar-refractivity contribution in [2.45, 2.75) is 13.5 Å². The fraction of sp³-hybridized carbons (Fsp3) is 0.250. The third-order valence-corrected chi connectivity index (χ3v) is 5.43. The summed E-state index contributed by atoms with van der Waals surface area (Å²) in [5.41, 5.74) is 1.63. The van der Waals surface area contributed by atoms with Gasteiger partial charge in [-0.05, 0) is 30.3 Å². The van der Waals surface area contributed by atoms with Gasteiger partial charge in [0, 0.05) is 25.1 Å². The van der Waals surface area contributed by atoms with Gasteiger partial charge in [0.1, 0.15) is 28.8 Å². The van der Waals surface area contributed by atoms with Gasteiger partial charge in [0.15, 0.2) is 0 Å². The van der Waals surface area contributed by atoms with Crippen LogP contribution in [0.25, 0.3) is 21.8 Å². The standard InChI is InChI=1S/C24H24FN3O5/c1-13(29)28-17-7-6-15(25)11-16(17)27-24(28)26-12-14-10-20(32-4)21-18(30-2)8-9-19(31-3)22(21)23(14)33-5/h6-11H,12H2,1-5H3,(H,26,27). The van der Waals surface area contributed by atoms with E-state index in [0.717, 1.165) is 5.56 Å². The smallest absolute Gasteiger partial charge is 0.230 e. The molecule has 8 nitrogen and oxygen atoms in total. The summed E-state index contributed by atoms with van der Waals surface area (Å²) >= 11 is 0. The first kappa shape index (κ1) is 22.2. The molecule has 0 saturated heterocycles. The molecule has 0 bridgehead atoms. The maximum absolute atomic E-state index is 13.7. The maximum Gasteiger partial charge on any atom is 0.230 e. The molecule has 172 valence electrons. The molecule has 0 radical (unpaired) electrons. The van der Waals surface area contributed by atoms with Crippen LogP contribution in [0.4, 0.5) is 10.3 Å². The summed E-state index contributed by atoms with van der Waals surface area (Å²) in [6.45, 7) is 1.67. The molecule has 4 aromatic rings. The Morgan fingerprint density at radius 1 is 0.939 bits per heavy atom. The van der Waals surface area contributed by atoms with Crippen LogP contribution in [0.1, 0.15) is 17.3 Å². The van der Waals surface area contributed by atoms with Crippen LogP contribution in [0.3, 0.4) is 0 Å². The van der Waals surface area contributed by atoms with Crippen LogP contribution in [-0.4, -0.2) is 43.9 Å². The molecule has 1 aromatic heterocycles. The first-order chi connectivity index (χ1) is 15.9. The fourth-order valence-corrected chi connectivity index (χ4v) is 4.02. The predicted octanol–water partition coefficient (Wildman–Crippen LogP) is 4.64. The third kappa shape index (κ3) is 3.75. The molecule has 1 N–H and O–H groups in total. The number of aromatic nitrogens is 2. The van der Waals surface area contributed by atoms with Gasteiger partial charge in [-0.3, -0.25) is 4.79 Å². The summed E-state index contributed by atoms with van der Waals surface area (Å²) in [7, 11) is 6.29. The number of nitrogens with one attached hydrogen (secondary N) is 1. The van der Waals surface area contributed by atoms with Crippen LogP contribution >= 0.6 is 0 Å². The second-order valence-electron chi connectivity index (χ2n) is 7.27. The van der Waals surface area contributed by atoms with Crippen molar-refractivity contribution in [3.63, 3.8) is 0 Å². The van der Waals surface area contributed by atoms with E-state index in [4.69, 9.17) is 18.9 Å². The molecule has 0 aliphatic heterocycles. The zero-order valence-electron chi connectivity index (χ0n) is 19.0. The molecule has 4 rings (SSSR count). The van der Waals surface area contributed by atoms with Crippen molar-refractivity contribution in [3.05, 3.63) is 47.8 Å². The quantitative estimate of drug-likeness (QED) is 0.437. The van der Waals surface area contributed by atoms with Crippen LogP contribution in [0.2, 0.25) is 0 Å². The van der Waals surface area contributed by atoms with E-state index in [1.165, 1.54) is 29.7 Å². The lowest BCUT2D eigenvalue weighted by Crippen LogP contribution is -2.12. The normalized spacial score (nSPS) is 11.0. The van der Waals surface area contributed by atoms with Gasteiger partial charge in [0.05, 0.1) is 50.2 Å². The number of carbonyl (C=O) groups is 1. The Morgan fingerprint density at radius 3 is 2.21 bits per heavy atom. The highest BCUT2D eigenvalue weighted by Gasteiger charge is 2.22. The van der Waals surface area contributed by atoms with Crippen molar-refractivity contribution in [1.29, 1.82) is 0 Å². The molecule has 0 unspecified atom stereocenters. The molecule has 1 heterocycles. The van der Waals surface area contributed by atoms with Gasteiger partial charge in [0.25, 0.3) is 0 Å². The minimum Gasteiger partial charge on any atom is -0.496 e. The molecule has 33 heavy (non-hydrogen) atoms. The van der Waals surface area contributed by atoms with Crippen LogP contribution in [0.5, 0.6) is 23.0 Å². The second-order valence-corrected chi connectivity index (χ2v) is 7.27. The SMILES string of the molecule is COc1ccc(OC)c2c(OC)c(CNc3nc4cc(F)ccc4n3C(C)=O)cc(OC)c12. The monoisotopic (exact) mass is 453 g/mol. The zero-order chi connectivity index (χ0) is 23.7. The predicted molar refractivity (Wildman–Crippen MR) is 123 cm³/mol. The summed E-state index contributed by atoms with van der Waals surface area (Å²) in [4.78, 5) is 16.7. The van der Waals surface area contributed by atoms with Gasteiger partial charge in [-0.25, -0.2) is 13.9 Å². The van der Waals surface area contributed by atoms with E-state index in [-0.39, 0.29) is 12.5 Å². The van der Waals surface area contributed by atoms with Crippen molar-refractivity contribution >= 4 is 33.7 Å². The highest BCUT2D eigenvalue weighted by molar-refractivity contribution is 6.03. The Morgan fingerprint density at radius 2 is 1.61 bits per heavy atom. The molecule has 0 amide bonds. The van der Waals surface area contributed by atoms with Crippen molar-refractivity contribution < 1.29 is 28.1 Å². The number of halogens is 1. The number of hydrogen-bond donors (Lipinski definition) is 1. The van der Waals surface area contributed by atoms with Gasteiger partial charge in [-0.2, -0.15) is 0 Å². The van der Waals surface area contributed by atoms with E-state index in [2.05, 4.69) is 10.3 Å². The largest absolute Gasteiger partial charge is 0.496 e. The Labute approximate surface area is 189 Å². The minimum atomic E-state index is -0.427. The van der Waals surface area contributed by atoms with Crippen molar-refractivity contribution in [2.75, 3.05) is 33.8 Å². The lowest BCUT2D eigenvalue weighted by atomic mass is 10.0. The van der Waals surface area contributed by atoms with Crippen molar-refractivity contribution in [3.8, 4) is 23.0 Å². The number of anilines is 1. The minimum absolute atomic E-state index is 0.245. The van der Waals surface area contributed by atoms with Crippen LogP contribution in [0.15, 0.2) is 36.4 Å². The Hall–Kier alpha value is -4.01. The zero-order valence-corrected chi connectivity index (χ0v) is 19.0. The number of fused-ring (bicyclic) bond motifs is 2. The van der Waals surface area contributed by atoms with Gasteiger partial charge >= 0.3 is 0 Å². The summed E-state index contributed by atoms with van der Waals surface area (Å²) in [6.07, 6.45) is 0. The van der Waals surface area contributed by atoms with E-state index in [1.807, 2.05) is 6.07 Å². The molecule has 0 aliphatic carbocycles. The van der Waals surface area contributed by atoms with Crippen LogP contribution in [-0.2, 0) is 6.54 Å². The lowest BCUT2D eigenvalue weighted by Gasteiger charge is -2.19. The molecular weight excluding hydrogens is 429 g/mol. The fourth-order valence-electron chi connectivity index (χ4n) is 4.02. The van der Waals surface area contributed by atoms with E-state index in [1.54, 1.807) is 40.6 Å². The lowest BCUT2D eigenvalue weighted by molar-refractivity contribution is 0.0943. The molecule has 0 spiro atoms. The van der Waals surface area contributed by atoms with Crippen LogP contribution < -0.4 is 24.3 Å². The number of rotatable bonds is 7. The maximum atomic E-state index is 13.7. The van der Waals surface area contributed by atoms with E-state index >= 15 is 0 Å². The van der Waals surface area contributed by atoms with Crippen molar-refractivity contribution in [2.24, 2.45) is 0 Å². The van der Waals surface area contributed by atoms with E-state index in [0.29, 0.717) is 50.8 Å². The van der Waals surface area contributed by atoms with Gasteiger partial charge in [-0.1, -0.05) is 0 Å². The molecule has 0 aliphatic rings. The second kappa shape index (κ2) is 8.85. The average Bonchev–Trinajstić information content (AvgIpc) is 3.18. The number of benzene rings is 3. The van der Waals surface area contributed by atoms with Gasteiger partial charge in [-0.15, -0.1) is 0 Å². The molecule has 0 fully saturated rings. The summed E-state index contributed by atoms with van der Waals surface area (Å²) < 4.78 is 37.6. The number of imidazole rings is 1. The van der Waals surface area contributed by atoms with Crippen molar-refractivity contribution in [1.82, 2.24) is 9.55 Å². The molecular formula is C24H24FN3O5. The van der Waals surface area contributed by atoms with E-state index in [9.17, 15) is 9.18 Å².